The largest absolute Gasteiger partial charge is 0.469 e. The topological polar surface area (TPSA) is 103 Å². The molecule has 1 aromatic heterocycles. The lowest BCUT2D eigenvalue weighted by atomic mass is 10.2. The number of amides is 1. The number of rotatable bonds is 10. The van der Waals surface area contributed by atoms with Crippen LogP contribution in [0.15, 0.2) is 64.6 Å². The molecule has 1 aromatic carbocycles. The number of carbonyl (C=O) groups is 1. The van der Waals surface area contributed by atoms with Gasteiger partial charge in [0.25, 0.3) is 5.91 Å². The Morgan fingerprint density at radius 2 is 2.04 bits per heavy atom. The van der Waals surface area contributed by atoms with Crippen molar-refractivity contribution in [2.45, 2.75) is 17.7 Å². The first-order valence-corrected chi connectivity index (χ1v) is 9.85. The first-order valence-electron chi connectivity index (χ1n) is 8.37. The number of benzene rings is 1. The van der Waals surface area contributed by atoms with Crippen molar-refractivity contribution in [3.8, 4) is 6.07 Å². The van der Waals surface area contributed by atoms with Crippen molar-refractivity contribution in [1.82, 2.24) is 9.62 Å². The van der Waals surface area contributed by atoms with Gasteiger partial charge in [-0.2, -0.15) is 5.26 Å². The summed E-state index contributed by atoms with van der Waals surface area (Å²) in [6.45, 7) is 4.54. The van der Waals surface area contributed by atoms with Gasteiger partial charge in [0.1, 0.15) is 5.76 Å². The molecular weight excluding hydrogens is 366 g/mol. The molecule has 27 heavy (non-hydrogen) atoms. The Balaban J connectivity index is 2.07. The minimum absolute atomic E-state index is 0.0411. The maximum Gasteiger partial charge on any atom is 0.254 e. The quantitative estimate of drug-likeness (QED) is 0.498. The molecule has 0 bridgehead atoms. The summed E-state index contributed by atoms with van der Waals surface area (Å²) >= 11 is 0. The summed E-state index contributed by atoms with van der Waals surface area (Å²) in [6.07, 6.45) is 3.88. The molecule has 2 aromatic rings. The number of nitrogens with zero attached hydrogens (tertiary/aromatic N) is 2. The summed E-state index contributed by atoms with van der Waals surface area (Å²) in [6, 6.07) is 11.2. The fourth-order valence-corrected chi connectivity index (χ4v) is 3.45. The van der Waals surface area contributed by atoms with Gasteiger partial charge in [-0.1, -0.05) is 6.08 Å². The van der Waals surface area contributed by atoms with Crippen LogP contribution in [0.2, 0.25) is 0 Å². The molecule has 1 amide bonds. The number of nitriles is 1. The first kappa shape index (κ1) is 20.4. The molecule has 0 saturated heterocycles. The molecule has 0 aliphatic heterocycles. The van der Waals surface area contributed by atoms with E-state index in [0.717, 1.165) is 5.76 Å². The number of sulfonamides is 1. The van der Waals surface area contributed by atoms with Crippen molar-refractivity contribution in [1.29, 1.82) is 5.26 Å². The van der Waals surface area contributed by atoms with E-state index in [2.05, 4.69) is 11.3 Å². The monoisotopic (exact) mass is 387 g/mol. The van der Waals surface area contributed by atoms with Crippen molar-refractivity contribution in [3.63, 3.8) is 0 Å². The average molecular weight is 387 g/mol. The summed E-state index contributed by atoms with van der Waals surface area (Å²) in [7, 11) is -3.70. The van der Waals surface area contributed by atoms with Gasteiger partial charge in [0.15, 0.2) is 0 Å². The molecule has 8 heteroatoms. The summed E-state index contributed by atoms with van der Waals surface area (Å²) in [5, 5.41) is 8.49. The molecule has 2 rings (SSSR count). The van der Waals surface area contributed by atoms with E-state index in [9.17, 15) is 13.2 Å². The second-order valence-corrected chi connectivity index (χ2v) is 7.47. The van der Waals surface area contributed by atoms with Gasteiger partial charge in [0, 0.05) is 38.0 Å². The highest BCUT2D eigenvalue weighted by Crippen LogP contribution is 2.13. The third kappa shape index (κ3) is 5.81. The highest BCUT2D eigenvalue weighted by molar-refractivity contribution is 7.89. The van der Waals surface area contributed by atoms with Crippen LogP contribution < -0.4 is 4.72 Å². The Morgan fingerprint density at radius 1 is 1.30 bits per heavy atom. The van der Waals surface area contributed by atoms with Gasteiger partial charge in [-0.25, -0.2) is 13.1 Å². The maximum atomic E-state index is 12.7. The zero-order chi connectivity index (χ0) is 19.7. The SMILES string of the molecule is C=CCN(CCc1ccco1)C(=O)c1ccc(S(=O)(=O)NCCC#N)cc1. The van der Waals surface area contributed by atoms with E-state index >= 15 is 0 Å². The summed E-state index contributed by atoms with van der Waals surface area (Å²) in [5.74, 6) is 0.560. The van der Waals surface area contributed by atoms with E-state index in [1.807, 2.05) is 12.1 Å². The lowest BCUT2D eigenvalue weighted by molar-refractivity contribution is 0.0773. The molecule has 0 unspecified atom stereocenters. The van der Waals surface area contributed by atoms with Crippen LogP contribution in [-0.4, -0.2) is 38.9 Å². The summed E-state index contributed by atoms with van der Waals surface area (Å²) < 4.78 is 31.9. The van der Waals surface area contributed by atoms with Crippen LogP contribution in [0, 0.1) is 11.3 Å². The minimum Gasteiger partial charge on any atom is -0.469 e. The Hall–Kier alpha value is -2.89. The van der Waals surface area contributed by atoms with Crippen LogP contribution in [0.1, 0.15) is 22.5 Å². The standard InChI is InChI=1S/C19H21N3O4S/c1-2-13-22(14-10-17-5-3-15-26-17)19(23)16-6-8-18(9-7-16)27(24,25)21-12-4-11-20/h2-3,5-9,15,21H,1,4,10,12-14H2. The predicted molar refractivity (Wildman–Crippen MR) is 100 cm³/mol. The van der Waals surface area contributed by atoms with Gasteiger partial charge in [-0.15, -0.1) is 6.58 Å². The Labute approximate surface area is 159 Å². The molecule has 0 aliphatic rings. The summed E-state index contributed by atoms with van der Waals surface area (Å²) in [5.41, 5.74) is 0.382. The van der Waals surface area contributed by atoms with Crippen molar-refractivity contribution >= 4 is 15.9 Å². The average Bonchev–Trinajstić information content (AvgIpc) is 3.18. The third-order valence-corrected chi connectivity index (χ3v) is 5.26. The van der Waals surface area contributed by atoms with Gasteiger partial charge in [0.2, 0.25) is 10.0 Å². The minimum atomic E-state index is -3.70. The zero-order valence-corrected chi connectivity index (χ0v) is 15.6. The zero-order valence-electron chi connectivity index (χ0n) is 14.8. The molecule has 0 radical (unpaired) electrons. The molecule has 0 aliphatic carbocycles. The predicted octanol–water partition coefficient (Wildman–Crippen LogP) is 2.34. The highest BCUT2D eigenvalue weighted by Gasteiger charge is 2.18. The Morgan fingerprint density at radius 3 is 2.63 bits per heavy atom. The molecule has 0 atom stereocenters. The lowest BCUT2D eigenvalue weighted by Crippen LogP contribution is -2.33. The van der Waals surface area contributed by atoms with Gasteiger partial charge >= 0.3 is 0 Å². The fourth-order valence-electron chi connectivity index (χ4n) is 2.42. The Bertz CT molecular complexity index is 897. The van der Waals surface area contributed by atoms with Gasteiger partial charge < -0.3 is 9.32 Å². The second-order valence-electron chi connectivity index (χ2n) is 5.70. The highest BCUT2D eigenvalue weighted by atomic mass is 32.2. The van der Waals surface area contributed by atoms with E-state index in [1.54, 1.807) is 23.3 Å². The van der Waals surface area contributed by atoms with Crippen LogP contribution in [-0.2, 0) is 16.4 Å². The number of carbonyl (C=O) groups excluding carboxylic acids is 1. The fraction of sp³-hybridized carbons (Fsp3) is 0.263. The van der Waals surface area contributed by atoms with Gasteiger partial charge in [0.05, 0.1) is 17.2 Å². The van der Waals surface area contributed by atoms with E-state index in [1.165, 1.54) is 24.3 Å². The number of hydrogen-bond donors (Lipinski definition) is 1. The number of furan rings is 1. The smallest absolute Gasteiger partial charge is 0.254 e. The van der Waals surface area contributed by atoms with E-state index in [4.69, 9.17) is 9.68 Å². The van der Waals surface area contributed by atoms with Gasteiger partial charge in [-0.05, 0) is 36.4 Å². The summed E-state index contributed by atoms with van der Waals surface area (Å²) in [4.78, 5) is 14.4. The third-order valence-electron chi connectivity index (χ3n) is 3.79. The van der Waals surface area contributed by atoms with Crippen molar-refractivity contribution in [2.75, 3.05) is 19.6 Å². The van der Waals surface area contributed by atoms with E-state index in [0.29, 0.717) is 25.1 Å². The number of hydrogen-bond acceptors (Lipinski definition) is 5. The second kappa shape index (κ2) is 9.71. The lowest BCUT2D eigenvalue weighted by Gasteiger charge is -2.21. The van der Waals surface area contributed by atoms with E-state index < -0.39 is 10.0 Å². The van der Waals surface area contributed by atoms with Crippen LogP contribution in [0.3, 0.4) is 0 Å². The van der Waals surface area contributed by atoms with Crippen molar-refractivity contribution in [3.05, 3.63) is 66.6 Å². The maximum absolute atomic E-state index is 12.7. The van der Waals surface area contributed by atoms with Crippen molar-refractivity contribution in [2.24, 2.45) is 0 Å². The molecule has 0 spiro atoms. The normalized spacial score (nSPS) is 10.9. The van der Waals surface area contributed by atoms with Gasteiger partial charge in [-0.3, -0.25) is 4.79 Å². The first-order chi connectivity index (χ1) is 13.0. The molecule has 142 valence electrons. The molecule has 1 heterocycles. The molecule has 7 nitrogen and oxygen atoms in total. The van der Waals surface area contributed by atoms with Crippen LogP contribution >= 0.6 is 0 Å². The molecule has 0 saturated carbocycles. The molecular formula is C19H21N3O4S. The van der Waals surface area contributed by atoms with Crippen LogP contribution in [0.5, 0.6) is 0 Å². The molecule has 1 N–H and O–H groups in total. The van der Waals surface area contributed by atoms with Crippen LogP contribution in [0.25, 0.3) is 0 Å². The van der Waals surface area contributed by atoms with Crippen LogP contribution in [0.4, 0.5) is 0 Å². The number of nitrogens with one attached hydrogen (secondary N) is 1. The van der Waals surface area contributed by atoms with E-state index in [-0.39, 0.29) is 23.8 Å². The van der Waals surface area contributed by atoms with Crippen molar-refractivity contribution < 1.29 is 17.6 Å². The Kier molecular flexibility index (Phi) is 7.34. The molecule has 0 fully saturated rings.